The van der Waals surface area contributed by atoms with Crippen molar-refractivity contribution in [2.75, 3.05) is 12.4 Å². The number of halogens is 1. The zero-order chi connectivity index (χ0) is 15.8. The zero-order valence-corrected chi connectivity index (χ0v) is 15.0. The maximum atomic E-state index is 11.7. The Morgan fingerprint density at radius 2 is 1.52 bits per heavy atom. The first-order valence-electron chi connectivity index (χ1n) is 9.07. The Kier molecular flexibility index (Phi) is 16.0. The van der Waals surface area contributed by atoms with E-state index in [-0.39, 0.29) is 5.91 Å². The van der Waals surface area contributed by atoms with Crippen LogP contribution in [0.25, 0.3) is 0 Å². The van der Waals surface area contributed by atoms with Crippen molar-refractivity contribution >= 4 is 17.5 Å². The molecule has 0 rings (SSSR count). The van der Waals surface area contributed by atoms with Crippen LogP contribution >= 0.6 is 11.6 Å². The molecule has 1 amide bonds. The van der Waals surface area contributed by atoms with Gasteiger partial charge in [-0.05, 0) is 18.8 Å². The molecule has 1 atom stereocenters. The van der Waals surface area contributed by atoms with E-state index in [0.717, 1.165) is 25.8 Å². The minimum Gasteiger partial charge on any atom is -0.356 e. The van der Waals surface area contributed by atoms with Crippen molar-refractivity contribution in [2.24, 2.45) is 5.92 Å². The van der Waals surface area contributed by atoms with Gasteiger partial charge in [-0.15, -0.1) is 11.6 Å². The Bertz CT molecular complexity index is 233. The summed E-state index contributed by atoms with van der Waals surface area (Å²) in [5.41, 5.74) is 0. The molecule has 21 heavy (non-hydrogen) atoms. The molecule has 1 N–H and O–H groups in total. The molecule has 0 aromatic rings. The summed E-state index contributed by atoms with van der Waals surface area (Å²) >= 11 is 5.75. The first-order valence-corrected chi connectivity index (χ1v) is 9.60. The molecular weight excluding hydrogens is 282 g/mol. The summed E-state index contributed by atoms with van der Waals surface area (Å²) in [6.07, 6.45) is 14.4. The number of unbranched alkanes of at least 4 members (excludes halogenated alkanes) is 8. The first-order chi connectivity index (χ1) is 10.2. The van der Waals surface area contributed by atoms with E-state index >= 15 is 0 Å². The van der Waals surface area contributed by atoms with Crippen molar-refractivity contribution < 1.29 is 4.79 Å². The van der Waals surface area contributed by atoms with Gasteiger partial charge in [0.25, 0.3) is 0 Å². The Morgan fingerprint density at radius 3 is 2.05 bits per heavy atom. The van der Waals surface area contributed by atoms with E-state index in [0.29, 0.717) is 18.2 Å². The van der Waals surface area contributed by atoms with Gasteiger partial charge in [-0.1, -0.05) is 71.6 Å². The van der Waals surface area contributed by atoms with Crippen molar-refractivity contribution in [3.05, 3.63) is 0 Å². The summed E-state index contributed by atoms with van der Waals surface area (Å²) in [4.78, 5) is 11.7. The van der Waals surface area contributed by atoms with Crippen LogP contribution in [0, 0.1) is 5.92 Å². The smallest absolute Gasteiger partial charge is 0.220 e. The highest BCUT2D eigenvalue weighted by Gasteiger charge is 2.07. The fraction of sp³-hybridized carbons (Fsp3) is 0.944. The lowest BCUT2D eigenvalue weighted by Crippen LogP contribution is -2.29. The molecule has 0 aromatic carbocycles. The fourth-order valence-corrected chi connectivity index (χ4v) is 2.86. The molecule has 0 fully saturated rings. The average Bonchev–Trinajstić information content (AvgIpc) is 2.49. The molecule has 1 unspecified atom stereocenters. The van der Waals surface area contributed by atoms with Gasteiger partial charge in [-0.25, -0.2) is 0 Å². The Balaban J connectivity index is 3.33. The van der Waals surface area contributed by atoms with Gasteiger partial charge >= 0.3 is 0 Å². The van der Waals surface area contributed by atoms with Gasteiger partial charge < -0.3 is 5.32 Å². The highest BCUT2D eigenvalue weighted by molar-refractivity contribution is 6.17. The molecule has 2 nitrogen and oxygen atoms in total. The molecule has 126 valence electrons. The average molecular weight is 318 g/mol. The topological polar surface area (TPSA) is 29.1 Å². The molecule has 0 radical (unpaired) electrons. The molecule has 0 saturated heterocycles. The summed E-state index contributed by atoms with van der Waals surface area (Å²) in [6, 6.07) is 0. The van der Waals surface area contributed by atoms with Crippen LogP contribution in [0.4, 0.5) is 0 Å². The van der Waals surface area contributed by atoms with E-state index < -0.39 is 0 Å². The van der Waals surface area contributed by atoms with Crippen LogP contribution in [0.3, 0.4) is 0 Å². The number of nitrogens with one attached hydrogen (secondary N) is 1. The third-order valence-corrected chi connectivity index (χ3v) is 4.41. The van der Waals surface area contributed by atoms with Gasteiger partial charge in [-0.3, -0.25) is 4.79 Å². The van der Waals surface area contributed by atoms with Crippen molar-refractivity contribution in [3.63, 3.8) is 0 Å². The Labute approximate surface area is 137 Å². The van der Waals surface area contributed by atoms with Gasteiger partial charge in [0.05, 0.1) is 0 Å². The molecule has 0 heterocycles. The second-order valence-corrected chi connectivity index (χ2v) is 6.51. The standard InChI is InChI=1S/C18H36ClNO/c1-3-5-6-7-8-9-10-11-12-13-18(21)20-16-17(4-2)14-15-19/h17H,3-16H2,1-2H3,(H,20,21). The number of amides is 1. The molecule has 0 aliphatic heterocycles. The van der Waals surface area contributed by atoms with E-state index in [4.69, 9.17) is 11.6 Å². The first kappa shape index (κ1) is 20.8. The monoisotopic (exact) mass is 317 g/mol. The van der Waals surface area contributed by atoms with Crippen LogP contribution in [0.2, 0.25) is 0 Å². The Hall–Kier alpha value is -0.240. The molecule has 0 aliphatic rings. The lowest BCUT2D eigenvalue weighted by Gasteiger charge is -2.14. The second kappa shape index (κ2) is 16.1. The minimum atomic E-state index is 0.214. The van der Waals surface area contributed by atoms with E-state index in [2.05, 4.69) is 19.2 Å². The van der Waals surface area contributed by atoms with Gasteiger partial charge in [0.15, 0.2) is 0 Å². The van der Waals surface area contributed by atoms with Gasteiger partial charge in [0, 0.05) is 18.8 Å². The third-order valence-electron chi connectivity index (χ3n) is 4.19. The lowest BCUT2D eigenvalue weighted by atomic mass is 10.0. The number of rotatable bonds is 15. The van der Waals surface area contributed by atoms with Crippen LogP contribution in [0.5, 0.6) is 0 Å². The number of carbonyl (C=O) groups excluding carboxylic acids is 1. The van der Waals surface area contributed by atoms with Crippen molar-refractivity contribution in [1.82, 2.24) is 5.32 Å². The normalized spacial score (nSPS) is 12.3. The van der Waals surface area contributed by atoms with Gasteiger partial charge in [0.1, 0.15) is 0 Å². The van der Waals surface area contributed by atoms with E-state index in [9.17, 15) is 4.79 Å². The van der Waals surface area contributed by atoms with Crippen molar-refractivity contribution in [1.29, 1.82) is 0 Å². The molecule has 0 bridgehead atoms. The largest absolute Gasteiger partial charge is 0.356 e. The summed E-state index contributed by atoms with van der Waals surface area (Å²) in [5, 5.41) is 3.05. The van der Waals surface area contributed by atoms with Gasteiger partial charge in [0.2, 0.25) is 5.91 Å². The van der Waals surface area contributed by atoms with E-state index in [1.807, 2.05) is 0 Å². The maximum absolute atomic E-state index is 11.7. The second-order valence-electron chi connectivity index (χ2n) is 6.13. The van der Waals surface area contributed by atoms with E-state index in [1.165, 1.54) is 51.4 Å². The number of hydrogen-bond donors (Lipinski definition) is 1. The number of alkyl halides is 1. The summed E-state index contributed by atoms with van der Waals surface area (Å²) in [7, 11) is 0. The lowest BCUT2D eigenvalue weighted by molar-refractivity contribution is -0.121. The number of hydrogen-bond acceptors (Lipinski definition) is 1. The predicted molar refractivity (Wildman–Crippen MR) is 94.0 cm³/mol. The van der Waals surface area contributed by atoms with E-state index in [1.54, 1.807) is 0 Å². The molecule has 0 saturated carbocycles. The minimum absolute atomic E-state index is 0.214. The van der Waals surface area contributed by atoms with Crippen LogP contribution in [0.15, 0.2) is 0 Å². The molecular formula is C18H36ClNO. The highest BCUT2D eigenvalue weighted by atomic mass is 35.5. The third kappa shape index (κ3) is 14.5. The fourth-order valence-electron chi connectivity index (χ4n) is 2.55. The SMILES string of the molecule is CCCCCCCCCCCC(=O)NCC(CC)CCCl. The van der Waals surface area contributed by atoms with Crippen LogP contribution in [-0.2, 0) is 4.79 Å². The van der Waals surface area contributed by atoms with Crippen LogP contribution in [-0.4, -0.2) is 18.3 Å². The zero-order valence-electron chi connectivity index (χ0n) is 14.3. The molecule has 0 aliphatic carbocycles. The van der Waals surface area contributed by atoms with Crippen molar-refractivity contribution in [3.8, 4) is 0 Å². The number of carbonyl (C=O) groups is 1. The maximum Gasteiger partial charge on any atom is 0.220 e. The summed E-state index contributed by atoms with van der Waals surface area (Å²) in [6.45, 7) is 5.20. The summed E-state index contributed by atoms with van der Waals surface area (Å²) in [5.74, 6) is 1.44. The highest BCUT2D eigenvalue weighted by Crippen LogP contribution is 2.11. The summed E-state index contributed by atoms with van der Waals surface area (Å²) < 4.78 is 0. The van der Waals surface area contributed by atoms with Crippen molar-refractivity contribution in [2.45, 2.75) is 90.9 Å². The van der Waals surface area contributed by atoms with Crippen LogP contribution < -0.4 is 5.32 Å². The quantitative estimate of drug-likeness (QED) is 0.305. The molecule has 0 aromatic heterocycles. The van der Waals surface area contributed by atoms with Gasteiger partial charge in [-0.2, -0.15) is 0 Å². The Morgan fingerprint density at radius 1 is 0.952 bits per heavy atom. The predicted octanol–water partition coefficient (Wildman–Crippen LogP) is 5.68. The van der Waals surface area contributed by atoms with Crippen LogP contribution in [0.1, 0.15) is 90.9 Å². The molecule has 3 heteroatoms. The molecule has 0 spiro atoms.